The van der Waals surface area contributed by atoms with Crippen molar-refractivity contribution in [3.63, 3.8) is 0 Å². The Balaban J connectivity index is 1.99. The van der Waals surface area contributed by atoms with Gasteiger partial charge >= 0.3 is 0 Å². The number of oxazole rings is 1. The van der Waals surface area contributed by atoms with E-state index in [9.17, 15) is 4.79 Å². The molecule has 0 saturated carbocycles. The van der Waals surface area contributed by atoms with E-state index in [-0.39, 0.29) is 5.91 Å². The molecule has 0 aliphatic heterocycles. The lowest BCUT2D eigenvalue weighted by atomic mass is 10.1. The molecular weight excluding hydrogens is 391 g/mol. The molecule has 1 unspecified atom stereocenters. The first kappa shape index (κ1) is 19.7. The number of aromatic nitrogens is 1. The molecule has 2 rings (SSSR count). The molecule has 1 amide bonds. The predicted octanol–water partition coefficient (Wildman–Crippen LogP) is 5.70. The summed E-state index contributed by atoms with van der Waals surface area (Å²) in [6, 6.07) is 7.36. The number of halogens is 3. The van der Waals surface area contributed by atoms with Crippen molar-refractivity contribution in [1.82, 2.24) is 10.3 Å². The third kappa shape index (κ3) is 6.03. The molecule has 0 aliphatic carbocycles. The topological polar surface area (TPSA) is 55.1 Å². The van der Waals surface area contributed by atoms with Crippen LogP contribution in [-0.4, -0.2) is 20.1 Å². The van der Waals surface area contributed by atoms with Crippen molar-refractivity contribution in [2.75, 3.05) is 0 Å². The van der Waals surface area contributed by atoms with Crippen LogP contribution < -0.4 is 5.32 Å². The zero-order valence-electron chi connectivity index (χ0n) is 13.2. The van der Waals surface area contributed by atoms with Gasteiger partial charge in [0.15, 0.2) is 5.58 Å². The highest BCUT2D eigenvalue weighted by Crippen LogP contribution is 2.39. The fourth-order valence-corrected chi connectivity index (χ4v) is 3.49. The number of thioether (sulfide) groups is 1. The molecule has 0 bridgehead atoms. The van der Waals surface area contributed by atoms with Crippen LogP contribution in [0.3, 0.4) is 0 Å². The van der Waals surface area contributed by atoms with Crippen LogP contribution >= 0.6 is 46.6 Å². The summed E-state index contributed by atoms with van der Waals surface area (Å²) in [6.07, 6.45) is 4.47. The summed E-state index contributed by atoms with van der Waals surface area (Å²) >= 11 is 19.1. The van der Waals surface area contributed by atoms with Crippen molar-refractivity contribution in [1.29, 1.82) is 0 Å². The second kappa shape index (κ2) is 9.18. The summed E-state index contributed by atoms with van der Waals surface area (Å²) in [7, 11) is 0. The predicted molar refractivity (Wildman–Crippen MR) is 101 cm³/mol. The first-order chi connectivity index (χ1) is 11.4. The maximum atomic E-state index is 12.1. The maximum absolute atomic E-state index is 12.1. The Morgan fingerprint density at radius 1 is 1.29 bits per heavy atom. The zero-order valence-corrected chi connectivity index (χ0v) is 16.3. The Morgan fingerprint density at radius 2 is 2.04 bits per heavy atom. The molecule has 8 heteroatoms. The van der Waals surface area contributed by atoms with E-state index in [1.165, 1.54) is 0 Å². The van der Waals surface area contributed by atoms with Crippen LogP contribution in [0.15, 0.2) is 33.9 Å². The van der Waals surface area contributed by atoms with Crippen molar-refractivity contribution < 1.29 is 9.21 Å². The van der Waals surface area contributed by atoms with Gasteiger partial charge in [-0.3, -0.25) is 4.79 Å². The van der Waals surface area contributed by atoms with E-state index in [0.29, 0.717) is 22.7 Å². The summed E-state index contributed by atoms with van der Waals surface area (Å²) in [5.74, 6) is -0.147. The number of rotatable bonds is 8. The minimum atomic E-state index is -1.68. The third-order valence-corrected chi connectivity index (χ3v) is 5.47. The van der Waals surface area contributed by atoms with E-state index in [1.807, 2.05) is 24.3 Å². The van der Waals surface area contributed by atoms with E-state index in [0.717, 1.165) is 37.4 Å². The Hall–Kier alpha value is -0.620. The standard InChI is InChI=1S/C16H19Cl3N2O2S/c1-2-3-4-5-10-13(22)21-14(16(17,18)19)24-15-20-11-8-6-7-9-12(11)23-15/h6-9,14H,2-5,10H2,1H3,(H,21,22). The van der Waals surface area contributed by atoms with Gasteiger partial charge in [-0.15, -0.1) is 0 Å². The zero-order chi connectivity index (χ0) is 17.6. The van der Waals surface area contributed by atoms with E-state index in [1.54, 1.807) is 0 Å². The average molecular weight is 410 g/mol. The van der Waals surface area contributed by atoms with E-state index in [4.69, 9.17) is 39.2 Å². The van der Waals surface area contributed by atoms with Crippen LogP contribution in [-0.2, 0) is 4.79 Å². The molecule has 0 fully saturated rings. The van der Waals surface area contributed by atoms with E-state index >= 15 is 0 Å². The second-order valence-corrected chi connectivity index (χ2v) is 8.79. The number of para-hydroxylation sites is 2. The van der Waals surface area contributed by atoms with Crippen molar-refractivity contribution in [3.05, 3.63) is 24.3 Å². The van der Waals surface area contributed by atoms with E-state index in [2.05, 4.69) is 17.2 Å². The van der Waals surface area contributed by atoms with Crippen molar-refractivity contribution >= 4 is 63.6 Å². The molecule has 1 aromatic heterocycles. The lowest BCUT2D eigenvalue weighted by molar-refractivity contribution is -0.121. The molecule has 4 nitrogen and oxygen atoms in total. The Morgan fingerprint density at radius 3 is 2.71 bits per heavy atom. The van der Waals surface area contributed by atoms with Gasteiger partial charge in [0.2, 0.25) is 9.70 Å². The third-order valence-electron chi connectivity index (χ3n) is 3.34. The molecule has 0 aliphatic rings. The number of amides is 1. The normalized spacial score (nSPS) is 13.2. The molecule has 0 saturated heterocycles. The smallest absolute Gasteiger partial charge is 0.258 e. The minimum absolute atomic E-state index is 0.147. The molecule has 0 spiro atoms. The van der Waals surface area contributed by atoms with Crippen LogP contribution in [0, 0.1) is 0 Å². The van der Waals surface area contributed by atoms with E-state index < -0.39 is 9.17 Å². The van der Waals surface area contributed by atoms with Gasteiger partial charge in [-0.1, -0.05) is 73.1 Å². The summed E-state index contributed by atoms with van der Waals surface area (Å²) in [5, 5.41) is 2.32. The van der Waals surface area contributed by atoms with Crippen LogP contribution in [0.2, 0.25) is 0 Å². The molecule has 1 aromatic carbocycles. The van der Waals surface area contributed by atoms with Gasteiger partial charge in [0.1, 0.15) is 10.9 Å². The highest BCUT2D eigenvalue weighted by molar-refractivity contribution is 8.00. The lowest BCUT2D eigenvalue weighted by Gasteiger charge is -2.23. The van der Waals surface area contributed by atoms with Crippen molar-refractivity contribution in [2.24, 2.45) is 0 Å². The first-order valence-electron chi connectivity index (χ1n) is 7.78. The summed E-state index contributed by atoms with van der Waals surface area (Å²) in [5.41, 5.74) is 1.36. The van der Waals surface area contributed by atoms with Crippen molar-refractivity contribution in [3.8, 4) is 0 Å². The average Bonchev–Trinajstić information content (AvgIpc) is 2.92. The first-order valence-corrected chi connectivity index (χ1v) is 9.80. The fourth-order valence-electron chi connectivity index (χ4n) is 2.11. The van der Waals surface area contributed by atoms with Gasteiger partial charge in [0.05, 0.1) is 0 Å². The fraction of sp³-hybridized carbons (Fsp3) is 0.500. The number of nitrogens with one attached hydrogen (secondary N) is 1. The second-order valence-electron chi connectivity index (χ2n) is 5.37. The summed E-state index contributed by atoms with van der Waals surface area (Å²) in [4.78, 5) is 16.4. The van der Waals surface area contributed by atoms with Gasteiger partial charge < -0.3 is 9.73 Å². The number of nitrogens with zero attached hydrogens (tertiary/aromatic N) is 1. The molecule has 1 heterocycles. The Bertz CT molecular complexity index is 640. The SMILES string of the molecule is CCCCCCC(=O)NC(Sc1nc2ccccc2o1)C(Cl)(Cl)Cl. The molecule has 0 radical (unpaired) electrons. The largest absolute Gasteiger partial charge is 0.431 e. The van der Waals surface area contributed by atoms with Gasteiger partial charge in [-0.2, -0.15) is 0 Å². The number of carbonyl (C=O) groups is 1. The number of fused-ring (bicyclic) bond motifs is 1. The van der Waals surface area contributed by atoms with Crippen molar-refractivity contribution in [2.45, 2.75) is 53.4 Å². The quantitative estimate of drug-likeness (QED) is 0.263. The number of carbonyl (C=O) groups excluding carboxylic acids is 1. The van der Waals surface area contributed by atoms with Gasteiger partial charge in [-0.25, -0.2) is 4.98 Å². The van der Waals surface area contributed by atoms with Gasteiger partial charge in [-0.05, 0) is 30.3 Å². The maximum Gasteiger partial charge on any atom is 0.258 e. The summed E-state index contributed by atoms with van der Waals surface area (Å²) in [6.45, 7) is 2.12. The monoisotopic (exact) mass is 408 g/mol. The molecule has 24 heavy (non-hydrogen) atoms. The van der Waals surface area contributed by atoms with Crippen LogP contribution in [0.4, 0.5) is 0 Å². The molecule has 1 atom stereocenters. The number of hydrogen-bond acceptors (Lipinski definition) is 4. The van der Waals surface area contributed by atoms with Crippen LogP contribution in [0.5, 0.6) is 0 Å². The number of unbranched alkanes of at least 4 members (excludes halogenated alkanes) is 3. The van der Waals surface area contributed by atoms with Gasteiger partial charge in [0, 0.05) is 6.42 Å². The Labute approximate surface area is 160 Å². The molecule has 1 N–H and O–H groups in total. The highest BCUT2D eigenvalue weighted by atomic mass is 35.6. The van der Waals surface area contributed by atoms with Crippen LogP contribution in [0.25, 0.3) is 11.1 Å². The number of hydrogen-bond donors (Lipinski definition) is 1. The molecule has 132 valence electrons. The highest BCUT2D eigenvalue weighted by Gasteiger charge is 2.36. The molecular formula is C16H19Cl3N2O2S. The minimum Gasteiger partial charge on any atom is -0.431 e. The lowest BCUT2D eigenvalue weighted by Crippen LogP contribution is -2.41. The summed E-state index contributed by atoms with van der Waals surface area (Å²) < 4.78 is 3.94. The Kier molecular flexibility index (Phi) is 7.54. The van der Waals surface area contributed by atoms with Gasteiger partial charge in [0.25, 0.3) is 5.22 Å². The number of alkyl halides is 3. The molecule has 2 aromatic rings. The number of benzene rings is 1. The van der Waals surface area contributed by atoms with Crippen LogP contribution in [0.1, 0.15) is 39.0 Å².